The molecule has 1 spiro atoms. The molecule has 1 saturated heterocycles. The fourth-order valence-electron chi connectivity index (χ4n) is 4.46. The van der Waals surface area contributed by atoms with Gasteiger partial charge in [-0.25, -0.2) is 9.97 Å². The van der Waals surface area contributed by atoms with E-state index in [1.54, 1.807) is 13.4 Å². The van der Waals surface area contributed by atoms with Crippen LogP contribution in [0.3, 0.4) is 0 Å². The van der Waals surface area contributed by atoms with E-state index in [2.05, 4.69) is 45.0 Å². The molecule has 1 aromatic carbocycles. The first-order valence-electron chi connectivity index (χ1n) is 9.02. The Labute approximate surface area is 149 Å². The molecule has 5 nitrogen and oxygen atoms in total. The Morgan fingerprint density at radius 3 is 2.88 bits per heavy atom. The number of benzene rings is 1. The van der Waals surface area contributed by atoms with Crippen LogP contribution in [-0.2, 0) is 6.54 Å². The van der Waals surface area contributed by atoms with Gasteiger partial charge in [-0.1, -0.05) is 18.2 Å². The zero-order valence-corrected chi connectivity index (χ0v) is 15.1. The van der Waals surface area contributed by atoms with Crippen molar-refractivity contribution in [2.75, 3.05) is 32.1 Å². The van der Waals surface area contributed by atoms with E-state index in [1.165, 1.54) is 37.9 Å². The van der Waals surface area contributed by atoms with Crippen molar-refractivity contribution in [2.45, 2.75) is 31.8 Å². The summed E-state index contributed by atoms with van der Waals surface area (Å²) in [7, 11) is 3.91. The lowest BCUT2D eigenvalue weighted by Gasteiger charge is -2.49. The van der Waals surface area contributed by atoms with Crippen LogP contribution in [0.2, 0.25) is 0 Å². The van der Waals surface area contributed by atoms with Crippen LogP contribution in [0.4, 0.5) is 5.82 Å². The molecule has 1 aliphatic carbocycles. The maximum atomic E-state index is 5.50. The molecular formula is C20H26N4O. The minimum Gasteiger partial charge on any atom is -0.496 e. The summed E-state index contributed by atoms with van der Waals surface area (Å²) < 4.78 is 5.50. The van der Waals surface area contributed by atoms with Crippen LogP contribution in [0.1, 0.15) is 24.8 Å². The predicted molar refractivity (Wildman–Crippen MR) is 98.8 cm³/mol. The molecule has 1 saturated carbocycles. The number of anilines is 1. The smallest absolute Gasteiger partial charge is 0.131 e. The van der Waals surface area contributed by atoms with Crippen LogP contribution in [0.25, 0.3) is 0 Å². The number of ether oxygens (including phenoxy) is 1. The number of methoxy groups -OCH3 is 1. The minimum absolute atomic E-state index is 0.494. The third-order valence-electron chi connectivity index (χ3n) is 5.92. The number of likely N-dealkylation sites (tertiary alicyclic amines) is 1. The molecule has 0 N–H and O–H groups in total. The number of para-hydroxylation sites is 1. The van der Waals surface area contributed by atoms with Crippen LogP contribution in [0.5, 0.6) is 5.75 Å². The van der Waals surface area contributed by atoms with Crippen molar-refractivity contribution in [2.24, 2.45) is 5.41 Å². The lowest BCUT2D eigenvalue weighted by Crippen LogP contribution is -2.51. The average Bonchev–Trinajstić information content (AvgIpc) is 3.05. The third-order valence-corrected chi connectivity index (χ3v) is 5.92. The Balaban J connectivity index is 1.34. The second kappa shape index (κ2) is 6.64. The van der Waals surface area contributed by atoms with Crippen molar-refractivity contribution < 1.29 is 4.74 Å². The molecule has 25 heavy (non-hydrogen) atoms. The van der Waals surface area contributed by atoms with Gasteiger partial charge in [0.25, 0.3) is 0 Å². The lowest BCUT2D eigenvalue weighted by molar-refractivity contribution is 0.106. The molecule has 2 heterocycles. The van der Waals surface area contributed by atoms with E-state index < -0.39 is 0 Å². The van der Waals surface area contributed by atoms with E-state index in [0.29, 0.717) is 11.5 Å². The Hall–Kier alpha value is -2.14. The topological polar surface area (TPSA) is 41.5 Å². The summed E-state index contributed by atoms with van der Waals surface area (Å²) in [5, 5.41) is 0. The summed E-state index contributed by atoms with van der Waals surface area (Å²) in [6.45, 7) is 3.36. The molecule has 0 bridgehead atoms. The molecule has 4 rings (SSSR count). The summed E-state index contributed by atoms with van der Waals surface area (Å²) in [4.78, 5) is 13.3. The van der Waals surface area contributed by atoms with Gasteiger partial charge in [-0.2, -0.15) is 0 Å². The standard InChI is InChI=1S/C20H26N4O/c1-23(19-7-9-21-15-22-19)17-11-20(12-17)8-10-24(14-20)13-16-5-3-4-6-18(16)25-2/h3-7,9,15,17H,8,10-14H2,1-2H3. The predicted octanol–water partition coefficient (Wildman–Crippen LogP) is 2.98. The van der Waals surface area contributed by atoms with E-state index >= 15 is 0 Å². The molecule has 0 unspecified atom stereocenters. The van der Waals surface area contributed by atoms with Crippen molar-refractivity contribution in [3.05, 3.63) is 48.4 Å². The molecule has 2 aliphatic rings. The van der Waals surface area contributed by atoms with Gasteiger partial charge in [0, 0.05) is 37.9 Å². The Kier molecular flexibility index (Phi) is 4.34. The van der Waals surface area contributed by atoms with Crippen LogP contribution >= 0.6 is 0 Å². The summed E-state index contributed by atoms with van der Waals surface area (Å²) in [6.07, 6.45) is 7.27. The number of hydrogen-bond donors (Lipinski definition) is 0. The van der Waals surface area contributed by atoms with E-state index in [1.807, 2.05) is 18.3 Å². The Morgan fingerprint density at radius 2 is 2.12 bits per heavy atom. The van der Waals surface area contributed by atoms with Crippen molar-refractivity contribution >= 4 is 5.82 Å². The third kappa shape index (κ3) is 3.21. The Bertz CT molecular complexity index is 715. The molecule has 2 fully saturated rings. The van der Waals surface area contributed by atoms with Gasteiger partial charge in [-0.15, -0.1) is 0 Å². The normalized spacial score (nSPS) is 25.8. The van der Waals surface area contributed by atoms with E-state index in [-0.39, 0.29) is 0 Å². The SMILES string of the molecule is COc1ccccc1CN1CCC2(CC(N(C)c3ccncn3)C2)C1. The Morgan fingerprint density at radius 1 is 1.28 bits per heavy atom. The van der Waals surface area contributed by atoms with Crippen LogP contribution in [-0.4, -0.2) is 48.2 Å². The van der Waals surface area contributed by atoms with Crippen molar-refractivity contribution in [1.29, 1.82) is 0 Å². The highest BCUT2D eigenvalue weighted by Crippen LogP contribution is 2.50. The largest absolute Gasteiger partial charge is 0.496 e. The highest BCUT2D eigenvalue weighted by atomic mass is 16.5. The fraction of sp³-hybridized carbons (Fsp3) is 0.500. The van der Waals surface area contributed by atoms with Gasteiger partial charge in [-0.3, -0.25) is 4.90 Å². The molecule has 132 valence electrons. The minimum atomic E-state index is 0.494. The summed E-state index contributed by atoms with van der Waals surface area (Å²) in [5.41, 5.74) is 1.78. The first kappa shape index (κ1) is 16.3. The van der Waals surface area contributed by atoms with Gasteiger partial charge >= 0.3 is 0 Å². The number of rotatable bonds is 5. The van der Waals surface area contributed by atoms with Crippen LogP contribution in [0, 0.1) is 5.41 Å². The van der Waals surface area contributed by atoms with E-state index in [4.69, 9.17) is 4.74 Å². The average molecular weight is 338 g/mol. The number of hydrogen-bond acceptors (Lipinski definition) is 5. The molecule has 2 aromatic rings. The lowest BCUT2D eigenvalue weighted by atomic mass is 9.64. The molecule has 0 radical (unpaired) electrons. The summed E-state index contributed by atoms with van der Waals surface area (Å²) in [6, 6.07) is 11.0. The van der Waals surface area contributed by atoms with Gasteiger partial charge in [0.1, 0.15) is 17.9 Å². The first-order valence-corrected chi connectivity index (χ1v) is 9.02. The molecular weight excluding hydrogens is 312 g/mol. The van der Waals surface area contributed by atoms with Gasteiger partial charge < -0.3 is 9.64 Å². The maximum absolute atomic E-state index is 5.50. The van der Waals surface area contributed by atoms with Crippen molar-refractivity contribution in [3.63, 3.8) is 0 Å². The van der Waals surface area contributed by atoms with Crippen LogP contribution < -0.4 is 9.64 Å². The fourth-order valence-corrected chi connectivity index (χ4v) is 4.46. The molecule has 0 atom stereocenters. The summed E-state index contributed by atoms with van der Waals surface area (Å²) in [5.74, 6) is 2.03. The van der Waals surface area contributed by atoms with Gasteiger partial charge in [0.2, 0.25) is 0 Å². The zero-order chi connectivity index (χ0) is 17.3. The zero-order valence-electron chi connectivity index (χ0n) is 15.1. The molecule has 5 heteroatoms. The van der Waals surface area contributed by atoms with Crippen molar-refractivity contribution in [3.8, 4) is 5.75 Å². The number of aromatic nitrogens is 2. The van der Waals surface area contributed by atoms with Gasteiger partial charge in [0.05, 0.1) is 7.11 Å². The molecule has 0 amide bonds. The maximum Gasteiger partial charge on any atom is 0.131 e. The highest BCUT2D eigenvalue weighted by molar-refractivity contribution is 5.38. The monoisotopic (exact) mass is 338 g/mol. The second-order valence-electron chi connectivity index (χ2n) is 7.51. The molecule has 1 aromatic heterocycles. The summed E-state index contributed by atoms with van der Waals surface area (Å²) >= 11 is 0. The van der Waals surface area contributed by atoms with Crippen LogP contribution in [0.15, 0.2) is 42.9 Å². The van der Waals surface area contributed by atoms with Gasteiger partial charge in [-0.05, 0) is 43.4 Å². The van der Waals surface area contributed by atoms with Gasteiger partial charge in [0.15, 0.2) is 0 Å². The first-order chi connectivity index (χ1) is 12.2. The highest BCUT2D eigenvalue weighted by Gasteiger charge is 2.49. The second-order valence-corrected chi connectivity index (χ2v) is 7.51. The van der Waals surface area contributed by atoms with E-state index in [0.717, 1.165) is 18.1 Å². The molecule has 1 aliphatic heterocycles. The number of nitrogens with zero attached hydrogens (tertiary/aromatic N) is 4. The van der Waals surface area contributed by atoms with E-state index in [9.17, 15) is 0 Å². The van der Waals surface area contributed by atoms with Crippen molar-refractivity contribution in [1.82, 2.24) is 14.9 Å². The quantitative estimate of drug-likeness (QED) is 0.838.